The molecular weight excluding hydrogens is 461 g/mol. The summed E-state index contributed by atoms with van der Waals surface area (Å²) in [5.74, 6) is 0.0526. The molecule has 5 nitrogen and oxygen atoms in total. The molecule has 1 aliphatic heterocycles. The van der Waals surface area contributed by atoms with Crippen molar-refractivity contribution in [2.75, 3.05) is 6.61 Å². The van der Waals surface area contributed by atoms with Crippen LogP contribution in [0.5, 0.6) is 17.2 Å². The SMILES string of the molecule is O=C(O)C[C@@H]1COc2cc(O[C@@H]3CCc4c3ccc(C(F)(F)F)c4Cc3ccc(O)cc3)ccc21. The van der Waals surface area contributed by atoms with Gasteiger partial charge in [-0.15, -0.1) is 0 Å². The summed E-state index contributed by atoms with van der Waals surface area (Å²) in [6.45, 7) is 0.290. The number of halogens is 3. The summed E-state index contributed by atoms with van der Waals surface area (Å²) in [6, 6.07) is 14.1. The topological polar surface area (TPSA) is 76.0 Å². The molecule has 0 spiro atoms. The number of alkyl halides is 3. The molecule has 8 heteroatoms. The van der Waals surface area contributed by atoms with E-state index in [0.717, 1.165) is 17.2 Å². The van der Waals surface area contributed by atoms with E-state index in [0.29, 0.717) is 35.5 Å². The number of phenols is 1. The lowest BCUT2D eigenvalue weighted by Gasteiger charge is -2.20. The predicted octanol–water partition coefficient (Wildman–Crippen LogP) is 6.02. The van der Waals surface area contributed by atoms with Gasteiger partial charge in [-0.25, -0.2) is 0 Å². The van der Waals surface area contributed by atoms with Crippen LogP contribution >= 0.6 is 0 Å². The van der Waals surface area contributed by atoms with Crippen LogP contribution in [0, 0.1) is 0 Å². The zero-order valence-electron chi connectivity index (χ0n) is 18.6. The van der Waals surface area contributed by atoms with Gasteiger partial charge < -0.3 is 19.7 Å². The quantitative estimate of drug-likeness (QED) is 0.448. The van der Waals surface area contributed by atoms with Crippen LogP contribution in [0.2, 0.25) is 0 Å². The highest BCUT2D eigenvalue weighted by Crippen LogP contribution is 2.44. The van der Waals surface area contributed by atoms with Crippen LogP contribution in [-0.4, -0.2) is 22.8 Å². The van der Waals surface area contributed by atoms with Crippen molar-refractivity contribution in [2.24, 2.45) is 0 Å². The first kappa shape index (κ1) is 23.1. The van der Waals surface area contributed by atoms with Crippen molar-refractivity contribution >= 4 is 5.97 Å². The third kappa shape index (κ3) is 4.65. The van der Waals surface area contributed by atoms with Crippen molar-refractivity contribution in [1.29, 1.82) is 0 Å². The van der Waals surface area contributed by atoms with E-state index in [1.165, 1.54) is 18.2 Å². The minimum absolute atomic E-state index is 0.0193. The van der Waals surface area contributed by atoms with Gasteiger partial charge in [0, 0.05) is 17.5 Å². The van der Waals surface area contributed by atoms with Crippen molar-refractivity contribution in [3.8, 4) is 17.2 Å². The first-order valence-corrected chi connectivity index (χ1v) is 11.3. The Morgan fingerprint density at radius 3 is 2.51 bits per heavy atom. The maximum Gasteiger partial charge on any atom is 0.416 e. The van der Waals surface area contributed by atoms with Crippen LogP contribution in [0.15, 0.2) is 54.6 Å². The summed E-state index contributed by atoms with van der Waals surface area (Å²) in [7, 11) is 0. The minimum Gasteiger partial charge on any atom is -0.508 e. The van der Waals surface area contributed by atoms with Gasteiger partial charge in [0.2, 0.25) is 0 Å². The second-order valence-electron chi connectivity index (χ2n) is 8.95. The fourth-order valence-electron chi connectivity index (χ4n) is 5.02. The molecule has 0 bridgehead atoms. The molecule has 2 aliphatic rings. The second-order valence-corrected chi connectivity index (χ2v) is 8.95. The number of phenolic OH excluding ortho intramolecular Hbond substituents is 1. The van der Waals surface area contributed by atoms with E-state index in [-0.39, 0.29) is 36.7 Å². The van der Waals surface area contributed by atoms with Gasteiger partial charge in [-0.1, -0.05) is 24.3 Å². The van der Waals surface area contributed by atoms with Crippen LogP contribution < -0.4 is 9.47 Å². The number of aliphatic carboxylic acids is 1. The van der Waals surface area contributed by atoms with Gasteiger partial charge in [0.25, 0.3) is 0 Å². The average molecular weight is 484 g/mol. The molecule has 0 fully saturated rings. The number of hydrogen-bond donors (Lipinski definition) is 2. The van der Waals surface area contributed by atoms with Crippen LogP contribution in [0.3, 0.4) is 0 Å². The van der Waals surface area contributed by atoms with E-state index >= 15 is 0 Å². The lowest BCUT2D eigenvalue weighted by molar-refractivity contribution is -0.138. The van der Waals surface area contributed by atoms with Gasteiger partial charge in [0.15, 0.2) is 0 Å². The molecule has 3 aromatic carbocycles. The number of benzene rings is 3. The predicted molar refractivity (Wildman–Crippen MR) is 121 cm³/mol. The smallest absolute Gasteiger partial charge is 0.416 e. The van der Waals surface area contributed by atoms with Crippen LogP contribution in [0.1, 0.15) is 58.2 Å². The monoisotopic (exact) mass is 484 g/mol. The maximum atomic E-state index is 13.8. The number of aromatic hydroxyl groups is 1. The van der Waals surface area contributed by atoms with Crippen molar-refractivity contribution in [2.45, 2.75) is 43.9 Å². The Morgan fingerprint density at radius 1 is 1.06 bits per heavy atom. The van der Waals surface area contributed by atoms with E-state index in [1.54, 1.807) is 30.3 Å². The van der Waals surface area contributed by atoms with Gasteiger partial charge in [0.1, 0.15) is 23.4 Å². The summed E-state index contributed by atoms with van der Waals surface area (Å²) >= 11 is 0. The largest absolute Gasteiger partial charge is 0.508 e. The maximum absolute atomic E-state index is 13.8. The molecule has 2 N–H and O–H groups in total. The van der Waals surface area contributed by atoms with E-state index in [4.69, 9.17) is 14.6 Å². The van der Waals surface area contributed by atoms with E-state index in [9.17, 15) is 23.1 Å². The Balaban J connectivity index is 1.42. The Labute approximate surface area is 199 Å². The highest BCUT2D eigenvalue weighted by atomic mass is 19.4. The number of rotatable bonds is 6. The van der Waals surface area contributed by atoms with Gasteiger partial charge in [-0.3, -0.25) is 4.79 Å². The third-order valence-electron chi connectivity index (χ3n) is 6.66. The molecule has 3 aromatic rings. The lowest BCUT2D eigenvalue weighted by Crippen LogP contribution is -2.13. The Bertz CT molecular complexity index is 1270. The lowest BCUT2D eigenvalue weighted by atomic mass is 9.92. The fourth-order valence-corrected chi connectivity index (χ4v) is 5.02. The number of hydrogen-bond acceptors (Lipinski definition) is 4. The number of carboxylic acids is 1. The molecule has 0 radical (unpaired) electrons. The molecule has 182 valence electrons. The number of carboxylic acid groups (broad SMARTS) is 1. The highest BCUT2D eigenvalue weighted by molar-refractivity contribution is 5.68. The summed E-state index contributed by atoms with van der Waals surface area (Å²) < 4.78 is 53.4. The molecule has 0 saturated carbocycles. The summed E-state index contributed by atoms with van der Waals surface area (Å²) in [5, 5.41) is 18.6. The normalized spacial score (nSPS) is 18.6. The van der Waals surface area contributed by atoms with Crippen molar-refractivity contribution < 1.29 is 37.7 Å². The molecular formula is C27H23F3O5. The summed E-state index contributed by atoms with van der Waals surface area (Å²) in [6.07, 6.45) is -3.81. The molecule has 2 atom stereocenters. The fraction of sp³-hybridized carbons (Fsp3) is 0.296. The van der Waals surface area contributed by atoms with Crippen molar-refractivity contribution in [3.63, 3.8) is 0 Å². The average Bonchev–Trinajstić information content (AvgIpc) is 3.38. The first-order valence-electron chi connectivity index (χ1n) is 11.3. The molecule has 0 saturated heterocycles. The summed E-state index contributed by atoms with van der Waals surface area (Å²) in [4.78, 5) is 11.1. The number of carbonyl (C=O) groups is 1. The zero-order valence-corrected chi connectivity index (χ0v) is 18.6. The second kappa shape index (κ2) is 8.83. The highest BCUT2D eigenvalue weighted by Gasteiger charge is 2.37. The van der Waals surface area contributed by atoms with Crippen molar-refractivity contribution in [3.05, 3.63) is 88.0 Å². The molecule has 5 rings (SSSR count). The van der Waals surface area contributed by atoms with Gasteiger partial charge >= 0.3 is 12.1 Å². The number of ether oxygens (including phenoxy) is 2. The van der Waals surface area contributed by atoms with E-state index in [1.807, 2.05) is 0 Å². The van der Waals surface area contributed by atoms with Crippen LogP contribution in [0.25, 0.3) is 0 Å². The van der Waals surface area contributed by atoms with Gasteiger partial charge in [0.05, 0.1) is 18.6 Å². The molecule has 0 unspecified atom stereocenters. The third-order valence-corrected chi connectivity index (χ3v) is 6.66. The molecule has 0 amide bonds. The van der Waals surface area contributed by atoms with E-state index < -0.39 is 23.8 Å². The van der Waals surface area contributed by atoms with Crippen molar-refractivity contribution in [1.82, 2.24) is 0 Å². The Morgan fingerprint density at radius 2 is 1.80 bits per heavy atom. The molecule has 35 heavy (non-hydrogen) atoms. The Kier molecular flexibility index (Phi) is 5.83. The van der Waals surface area contributed by atoms with E-state index in [2.05, 4.69) is 0 Å². The summed E-state index contributed by atoms with van der Waals surface area (Å²) in [5.41, 5.74) is 2.46. The van der Waals surface area contributed by atoms with Gasteiger partial charge in [-0.2, -0.15) is 13.2 Å². The van der Waals surface area contributed by atoms with Gasteiger partial charge in [-0.05, 0) is 65.8 Å². The minimum atomic E-state index is -4.48. The zero-order chi connectivity index (χ0) is 24.7. The number of fused-ring (bicyclic) bond motifs is 2. The molecule has 1 heterocycles. The molecule has 1 aliphatic carbocycles. The molecule has 0 aromatic heterocycles. The standard InChI is InChI=1S/C27H23F3O5/c28-27(29,30)23-9-7-21-20(22(23)11-15-1-3-17(31)4-2-15)8-10-24(21)35-18-5-6-19-16(12-26(32)33)14-34-25(19)13-18/h1-7,9,13,16,24,31H,8,10-12,14H2,(H,32,33)/t16-,24-/m1/s1. The van der Waals surface area contributed by atoms with Crippen LogP contribution in [0.4, 0.5) is 13.2 Å². The Hall–Kier alpha value is -3.68. The van der Waals surface area contributed by atoms with Crippen LogP contribution in [-0.2, 0) is 23.8 Å². The first-order chi connectivity index (χ1) is 16.7.